The van der Waals surface area contributed by atoms with E-state index in [4.69, 9.17) is 5.73 Å². The maximum Gasteiger partial charge on any atom is 0.139 e. The van der Waals surface area contributed by atoms with Crippen molar-refractivity contribution in [2.45, 2.75) is 39.7 Å². The van der Waals surface area contributed by atoms with E-state index in [1.807, 2.05) is 0 Å². The van der Waals surface area contributed by atoms with Crippen LogP contribution >= 0.6 is 15.9 Å². The largest absolute Gasteiger partial charge is 0.397 e. The summed E-state index contributed by atoms with van der Waals surface area (Å²) in [4.78, 5) is 0. The topological polar surface area (TPSA) is 38.0 Å². The van der Waals surface area contributed by atoms with Crippen LogP contribution in [0.4, 0.5) is 15.8 Å². The lowest BCUT2D eigenvalue weighted by Crippen LogP contribution is -2.17. The summed E-state index contributed by atoms with van der Waals surface area (Å²) < 4.78 is 13.8. The van der Waals surface area contributed by atoms with Crippen molar-refractivity contribution in [2.75, 3.05) is 11.1 Å². The van der Waals surface area contributed by atoms with Gasteiger partial charge < -0.3 is 11.1 Å². The van der Waals surface area contributed by atoms with Gasteiger partial charge >= 0.3 is 0 Å². The summed E-state index contributed by atoms with van der Waals surface area (Å²) in [5, 5.41) is 3.25. The average Bonchev–Trinajstić information content (AvgIpc) is 2.23. The first-order chi connectivity index (χ1) is 7.90. The number of rotatable bonds is 5. The van der Waals surface area contributed by atoms with Crippen molar-refractivity contribution in [2.24, 2.45) is 5.92 Å². The van der Waals surface area contributed by atoms with E-state index in [1.54, 1.807) is 6.07 Å². The molecule has 96 valence electrons. The second kappa shape index (κ2) is 6.24. The van der Waals surface area contributed by atoms with Crippen LogP contribution in [0.5, 0.6) is 0 Å². The van der Waals surface area contributed by atoms with Gasteiger partial charge in [0, 0.05) is 12.1 Å². The summed E-state index contributed by atoms with van der Waals surface area (Å²) in [6, 6.07) is 3.32. The maximum absolute atomic E-state index is 13.4. The van der Waals surface area contributed by atoms with Crippen LogP contribution in [0.3, 0.4) is 0 Å². The van der Waals surface area contributed by atoms with Crippen molar-refractivity contribution < 1.29 is 4.39 Å². The van der Waals surface area contributed by atoms with Crippen LogP contribution in [0.1, 0.15) is 33.6 Å². The zero-order chi connectivity index (χ0) is 13.0. The lowest BCUT2D eigenvalue weighted by atomic mass is 10.0. The van der Waals surface area contributed by atoms with Crippen molar-refractivity contribution in [3.05, 3.63) is 22.4 Å². The first-order valence-corrected chi connectivity index (χ1v) is 6.70. The van der Waals surface area contributed by atoms with Gasteiger partial charge in [-0.3, -0.25) is 0 Å². The summed E-state index contributed by atoms with van der Waals surface area (Å²) in [5.41, 5.74) is 7.07. The molecule has 0 radical (unpaired) electrons. The molecule has 0 aliphatic rings. The van der Waals surface area contributed by atoms with Gasteiger partial charge in [-0.05, 0) is 47.7 Å². The number of nitrogen functional groups attached to an aromatic ring is 1. The van der Waals surface area contributed by atoms with E-state index in [9.17, 15) is 4.39 Å². The normalized spacial score (nSPS) is 12.8. The molecular formula is C13H20BrFN2. The van der Waals surface area contributed by atoms with Crippen LogP contribution in [0, 0.1) is 11.7 Å². The van der Waals surface area contributed by atoms with Crippen molar-refractivity contribution in [1.29, 1.82) is 0 Å². The fourth-order valence-corrected chi connectivity index (χ4v) is 1.97. The Balaban J connectivity index is 2.65. The predicted molar refractivity (Wildman–Crippen MR) is 75.7 cm³/mol. The Hall–Kier alpha value is -0.770. The maximum atomic E-state index is 13.4. The quantitative estimate of drug-likeness (QED) is 0.791. The van der Waals surface area contributed by atoms with Crippen LogP contribution < -0.4 is 11.1 Å². The molecule has 1 rings (SSSR count). The van der Waals surface area contributed by atoms with Crippen LogP contribution in [-0.2, 0) is 0 Å². The number of benzene rings is 1. The molecule has 0 amide bonds. The minimum absolute atomic E-state index is 0.292. The van der Waals surface area contributed by atoms with Gasteiger partial charge in [-0.25, -0.2) is 4.39 Å². The SMILES string of the molecule is CC(C)CCC(C)Nc1cc(F)c(Br)cc1N. The van der Waals surface area contributed by atoms with Gasteiger partial charge in [-0.1, -0.05) is 13.8 Å². The molecule has 0 fully saturated rings. The summed E-state index contributed by atoms with van der Waals surface area (Å²) in [6.45, 7) is 6.47. The second-order valence-corrected chi connectivity index (χ2v) is 5.72. The Morgan fingerprint density at radius 3 is 2.53 bits per heavy atom. The molecule has 4 heteroatoms. The molecule has 1 unspecified atom stereocenters. The summed E-state index contributed by atoms with van der Waals surface area (Å²) in [7, 11) is 0. The molecule has 0 aromatic heterocycles. The van der Waals surface area contributed by atoms with E-state index in [2.05, 4.69) is 42.0 Å². The highest BCUT2D eigenvalue weighted by molar-refractivity contribution is 9.10. The highest BCUT2D eigenvalue weighted by Crippen LogP contribution is 2.27. The lowest BCUT2D eigenvalue weighted by Gasteiger charge is -2.18. The molecule has 2 nitrogen and oxygen atoms in total. The molecule has 1 atom stereocenters. The molecule has 0 aliphatic heterocycles. The smallest absolute Gasteiger partial charge is 0.139 e. The third-order valence-corrected chi connectivity index (χ3v) is 3.28. The number of anilines is 2. The third kappa shape index (κ3) is 4.54. The Bertz CT molecular complexity index is 380. The first-order valence-electron chi connectivity index (χ1n) is 5.91. The molecule has 0 aliphatic carbocycles. The van der Waals surface area contributed by atoms with E-state index in [1.165, 1.54) is 6.07 Å². The minimum Gasteiger partial charge on any atom is -0.397 e. The van der Waals surface area contributed by atoms with E-state index >= 15 is 0 Å². The van der Waals surface area contributed by atoms with Gasteiger partial charge in [0.15, 0.2) is 0 Å². The first kappa shape index (κ1) is 14.3. The monoisotopic (exact) mass is 302 g/mol. The molecule has 1 aromatic rings. The molecule has 17 heavy (non-hydrogen) atoms. The highest BCUT2D eigenvalue weighted by Gasteiger charge is 2.09. The zero-order valence-electron chi connectivity index (χ0n) is 10.6. The number of hydrogen-bond acceptors (Lipinski definition) is 2. The predicted octanol–water partition coefficient (Wildman–Crippen LogP) is 4.41. The van der Waals surface area contributed by atoms with E-state index in [0.717, 1.165) is 12.8 Å². The molecule has 0 saturated carbocycles. The summed E-state index contributed by atoms with van der Waals surface area (Å²) in [6.07, 6.45) is 2.20. The Labute approximate surface area is 111 Å². The standard InChI is InChI=1S/C13H20BrFN2/c1-8(2)4-5-9(3)17-13-7-11(15)10(14)6-12(13)16/h6-9,17H,4-5,16H2,1-3H3. The van der Waals surface area contributed by atoms with Crippen molar-refractivity contribution >= 4 is 27.3 Å². The fraction of sp³-hybridized carbons (Fsp3) is 0.538. The molecule has 0 bridgehead atoms. The molecule has 0 heterocycles. The highest BCUT2D eigenvalue weighted by atomic mass is 79.9. The fourth-order valence-electron chi connectivity index (χ4n) is 1.61. The molecule has 1 aromatic carbocycles. The molecule has 0 spiro atoms. The Morgan fingerprint density at radius 2 is 1.94 bits per heavy atom. The van der Waals surface area contributed by atoms with Gasteiger partial charge in [0.2, 0.25) is 0 Å². The van der Waals surface area contributed by atoms with Crippen LogP contribution in [-0.4, -0.2) is 6.04 Å². The number of nitrogens with two attached hydrogens (primary N) is 1. The number of halogens is 2. The van der Waals surface area contributed by atoms with Crippen molar-refractivity contribution in [3.8, 4) is 0 Å². The number of nitrogens with one attached hydrogen (secondary N) is 1. The van der Waals surface area contributed by atoms with Crippen LogP contribution in [0.2, 0.25) is 0 Å². The average molecular weight is 303 g/mol. The van der Waals surface area contributed by atoms with Gasteiger partial charge in [0.1, 0.15) is 5.82 Å². The van der Waals surface area contributed by atoms with E-state index in [0.29, 0.717) is 27.8 Å². The third-order valence-electron chi connectivity index (χ3n) is 2.67. The Morgan fingerprint density at radius 1 is 1.29 bits per heavy atom. The van der Waals surface area contributed by atoms with Gasteiger partial charge in [0.05, 0.1) is 15.8 Å². The van der Waals surface area contributed by atoms with E-state index in [-0.39, 0.29) is 5.82 Å². The summed E-state index contributed by atoms with van der Waals surface area (Å²) >= 11 is 3.11. The summed E-state index contributed by atoms with van der Waals surface area (Å²) in [5.74, 6) is 0.385. The minimum atomic E-state index is -0.294. The van der Waals surface area contributed by atoms with Crippen LogP contribution in [0.15, 0.2) is 16.6 Å². The van der Waals surface area contributed by atoms with E-state index < -0.39 is 0 Å². The molecular weight excluding hydrogens is 283 g/mol. The second-order valence-electron chi connectivity index (χ2n) is 4.87. The Kier molecular flexibility index (Phi) is 5.25. The zero-order valence-corrected chi connectivity index (χ0v) is 12.1. The molecule has 0 saturated heterocycles. The van der Waals surface area contributed by atoms with Gasteiger partial charge in [-0.2, -0.15) is 0 Å². The van der Waals surface area contributed by atoms with Crippen molar-refractivity contribution in [1.82, 2.24) is 0 Å². The van der Waals surface area contributed by atoms with Crippen LogP contribution in [0.25, 0.3) is 0 Å². The van der Waals surface area contributed by atoms with Gasteiger partial charge in [-0.15, -0.1) is 0 Å². The van der Waals surface area contributed by atoms with Gasteiger partial charge in [0.25, 0.3) is 0 Å². The lowest BCUT2D eigenvalue weighted by molar-refractivity contribution is 0.527. The van der Waals surface area contributed by atoms with Crippen molar-refractivity contribution in [3.63, 3.8) is 0 Å². The molecule has 3 N–H and O–H groups in total. The number of hydrogen-bond donors (Lipinski definition) is 2.